The Morgan fingerprint density at radius 2 is 2.23 bits per heavy atom. The Hall–Kier alpha value is -0.780. The Bertz CT molecular complexity index is 204. The molecule has 0 spiro atoms. The van der Waals surface area contributed by atoms with Crippen LogP contribution in [0.25, 0.3) is 0 Å². The van der Waals surface area contributed by atoms with E-state index in [1.165, 1.54) is 6.92 Å². The third-order valence-electron chi connectivity index (χ3n) is 1.74. The standard InChI is InChI=1S/C7H10F3NO2/c1-4-6(12)11-5(3-13-4)2-7(8,9)10/h4-5H,2-3H2,1H3,(H,11,12)/t4?,5-/m0/s1. The minimum absolute atomic E-state index is 0.0770. The van der Waals surface area contributed by atoms with Gasteiger partial charge in [-0.05, 0) is 6.92 Å². The zero-order valence-corrected chi connectivity index (χ0v) is 7.02. The third-order valence-corrected chi connectivity index (χ3v) is 1.74. The fourth-order valence-corrected chi connectivity index (χ4v) is 1.09. The molecule has 1 fully saturated rings. The van der Waals surface area contributed by atoms with Gasteiger partial charge in [0.25, 0.3) is 0 Å². The van der Waals surface area contributed by atoms with Crippen LogP contribution in [-0.4, -0.2) is 30.8 Å². The second-order valence-corrected chi connectivity index (χ2v) is 3.00. The number of hydrogen-bond donors (Lipinski definition) is 1. The van der Waals surface area contributed by atoms with E-state index in [1.54, 1.807) is 0 Å². The molecule has 76 valence electrons. The average molecular weight is 197 g/mol. The van der Waals surface area contributed by atoms with Crippen molar-refractivity contribution in [3.8, 4) is 0 Å². The molecule has 0 aromatic rings. The maximum absolute atomic E-state index is 11.9. The number of halogens is 3. The van der Waals surface area contributed by atoms with Crippen LogP contribution in [-0.2, 0) is 9.53 Å². The van der Waals surface area contributed by atoms with Crippen molar-refractivity contribution in [1.82, 2.24) is 5.32 Å². The van der Waals surface area contributed by atoms with Crippen molar-refractivity contribution in [2.45, 2.75) is 31.7 Å². The molecule has 1 rings (SSSR count). The fourth-order valence-electron chi connectivity index (χ4n) is 1.09. The van der Waals surface area contributed by atoms with E-state index in [2.05, 4.69) is 5.32 Å². The van der Waals surface area contributed by atoms with Crippen molar-refractivity contribution in [2.24, 2.45) is 0 Å². The number of carbonyl (C=O) groups excluding carboxylic acids is 1. The number of hydrogen-bond acceptors (Lipinski definition) is 2. The minimum atomic E-state index is -4.26. The molecule has 6 heteroatoms. The molecule has 1 aliphatic heterocycles. The molecular weight excluding hydrogens is 187 g/mol. The number of nitrogens with one attached hydrogen (secondary N) is 1. The summed E-state index contributed by atoms with van der Waals surface area (Å²) >= 11 is 0. The molecule has 0 radical (unpaired) electrons. The van der Waals surface area contributed by atoms with Gasteiger partial charge in [-0.2, -0.15) is 13.2 Å². The Kier molecular flexibility index (Phi) is 2.80. The lowest BCUT2D eigenvalue weighted by molar-refractivity contribution is -0.157. The molecule has 0 aromatic heterocycles. The summed E-state index contributed by atoms with van der Waals surface area (Å²) in [4.78, 5) is 10.9. The summed E-state index contributed by atoms with van der Waals surface area (Å²) in [6.45, 7) is 1.42. The van der Waals surface area contributed by atoms with Gasteiger partial charge in [0.05, 0.1) is 19.1 Å². The Morgan fingerprint density at radius 1 is 1.62 bits per heavy atom. The Morgan fingerprint density at radius 3 is 2.69 bits per heavy atom. The van der Waals surface area contributed by atoms with Crippen molar-refractivity contribution in [2.75, 3.05) is 6.61 Å². The van der Waals surface area contributed by atoms with Gasteiger partial charge in [0.15, 0.2) is 0 Å². The van der Waals surface area contributed by atoms with Crippen LogP contribution in [0.1, 0.15) is 13.3 Å². The van der Waals surface area contributed by atoms with E-state index in [1.807, 2.05) is 0 Å². The van der Waals surface area contributed by atoms with Gasteiger partial charge < -0.3 is 10.1 Å². The normalized spacial score (nSPS) is 30.0. The number of amides is 1. The van der Waals surface area contributed by atoms with E-state index < -0.39 is 30.7 Å². The van der Waals surface area contributed by atoms with Gasteiger partial charge in [-0.1, -0.05) is 0 Å². The molecule has 13 heavy (non-hydrogen) atoms. The van der Waals surface area contributed by atoms with Gasteiger partial charge in [-0.15, -0.1) is 0 Å². The molecule has 0 aromatic carbocycles. The fraction of sp³-hybridized carbons (Fsp3) is 0.857. The highest BCUT2D eigenvalue weighted by atomic mass is 19.4. The first-order chi connectivity index (χ1) is 5.88. The van der Waals surface area contributed by atoms with Crippen molar-refractivity contribution < 1.29 is 22.7 Å². The summed E-state index contributed by atoms with van der Waals surface area (Å²) in [5.41, 5.74) is 0. The quantitative estimate of drug-likeness (QED) is 0.676. The largest absolute Gasteiger partial charge is 0.391 e. The van der Waals surface area contributed by atoms with Gasteiger partial charge in [-0.3, -0.25) is 4.79 Å². The summed E-state index contributed by atoms with van der Waals surface area (Å²) in [6, 6.07) is -0.941. The molecule has 1 unspecified atom stereocenters. The van der Waals surface area contributed by atoms with Crippen molar-refractivity contribution in [3.05, 3.63) is 0 Å². The smallest absolute Gasteiger partial charge is 0.367 e. The molecule has 1 aliphatic rings. The number of alkyl halides is 3. The van der Waals surface area contributed by atoms with E-state index in [4.69, 9.17) is 4.74 Å². The molecule has 0 saturated carbocycles. The molecule has 1 saturated heterocycles. The molecule has 1 heterocycles. The first-order valence-corrected chi connectivity index (χ1v) is 3.87. The highest BCUT2D eigenvalue weighted by Crippen LogP contribution is 2.22. The summed E-state index contributed by atoms with van der Waals surface area (Å²) < 4.78 is 40.4. The highest BCUT2D eigenvalue weighted by Gasteiger charge is 2.35. The van der Waals surface area contributed by atoms with Gasteiger partial charge in [-0.25, -0.2) is 0 Å². The lowest BCUT2D eigenvalue weighted by atomic mass is 10.1. The summed E-state index contributed by atoms with van der Waals surface area (Å²) in [7, 11) is 0. The van der Waals surface area contributed by atoms with E-state index in [0.717, 1.165) is 0 Å². The maximum Gasteiger partial charge on any atom is 0.391 e. The molecule has 1 N–H and O–H groups in total. The highest BCUT2D eigenvalue weighted by molar-refractivity contribution is 5.81. The predicted molar refractivity (Wildman–Crippen MR) is 38.0 cm³/mol. The van der Waals surface area contributed by atoms with Crippen molar-refractivity contribution in [3.63, 3.8) is 0 Å². The SMILES string of the molecule is CC1OC[C@H](CC(F)(F)F)NC1=O. The molecular formula is C7H10F3NO2. The van der Waals surface area contributed by atoms with Crippen LogP contribution < -0.4 is 5.32 Å². The van der Waals surface area contributed by atoms with Crippen LogP contribution in [0.5, 0.6) is 0 Å². The van der Waals surface area contributed by atoms with Crippen molar-refractivity contribution >= 4 is 5.91 Å². The maximum atomic E-state index is 11.9. The Labute approximate surface area is 73.2 Å². The number of rotatable bonds is 1. The van der Waals surface area contributed by atoms with Crippen LogP contribution in [0.15, 0.2) is 0 Å². The Balaban J connectivity index is 2.42. The van der Waals surface area contributed by atoms with Gasteiger partial charge in [0, 0.05) is 0 Å². The molecule has 3 nitrogen and oxygen atoms in total. The van der Waals surface area contributed by atoms with Crippen LogP contribution in [0.3, 0.4) is 0 Å². The predicted octanol–water partition coefficient (Wildman–Crippen LogP) is 0.842. The zero-order valence-electron chi connectivity index (χ0n) is 7.02. The number of morpholine rings is 1. The van der Waals surface area contributed by atoms with E-state index in [-0.39, 0.29) is 6.61 Å². The van der Waals surface area contributed by atoms with E-state index in [9.17, 15) is 18.0 Å². The lowest BCUT2D eigenvalue weighted by Gasteiger charge is -2.28. The van der Waals surface area contributed by atoms with Gasteiger partial charge >= 0.3 is 6.18 Å². The molecule has 1 amide bonds. The number of carbonyl (C=O) groups is 1. The molecule has 0 aliphatic carbocycles. The zero-order chi connectivity index (χ0) is 10.1. The van der Waals surface area contributed by atoms with Crippen LogP contribution in [0.2, 0.25) is 0 Å². The van der Waals surface area contributed by atoms with Crippen LogP contribution in [0, 0.1) is 0 Å². The molecule has 0 bridgehead atoms. The van der Waals surface area contributed by atoms with Crippen LogP contribution >= 0.6 is 0 Å². The van der Waals surface area contributed by atoms with E-state index in [0.29, 0.717) is 0 Å². The third kappa shape index (κ3) is 3.22. The summed E-state index contributed by atoms with van der Waals surface area (Å²) in [5, 5.41) is 2.24. The topological polar surface area (TPSA) is 38.3 Å². The lowest BCUT2D eigenvalue weighted by Crippen LogP contribution is -2.51. The summed E-state index contributed by atoms with van der Waals surface area (Å²) in [5.74, 6) is -0.486. The van der Waals surface area contributed by atoms with Gasteiger partial charge in [0.1, 0.15) is 6.10 Å². The average Bonchev–Trinajstić information content (AvgIpc) is 1.94. The second kappa shape index (κ2) is 3.53. The summed E-state index contributed by atoms with van der Waals surface area (Å²) in [6.07, 6.45) is -5.95. The van der Waals surface area contributed by atoms with Gasteiger partial charge in [0.2, 0.25) is 5.91 Å². The van der Waals surface area contributed by atoms with Crippen molar-refractivity contribution in [1.29, 1.82) is 0 Å². The minimum Gasteiger partial charge on any atom is -0.367 e. The molecule has 2 atom stereocenters. The monoisotopic (exact) mass is 197 g/mol. The number of ether oxygens (including phenoxy) is 1. The first-order valence-electron chi connectivity index (χ1n) is 3.87. The second-order valence-electron chi connectivity index (χ2n) is 3.00. The first kappa shape index (κ1) is 10.3. The van der Waals surface area contributed by atoms with Crippen LogP contribution in [0.4, 0.5) is 13.2 Å². The van der Waals surface area contributed by atoms with E-state index >= 15 is 0 Å².